The predicted octanol–water partition coefficient (Wildman–Crippen LogP) is -1.32. The molecule has 3 heteroatoms. The third kappa shape index (κ3) is 3.98. The molecule has 0 spiro atoms. The van der Waals surface area contributed by atoms with Crippen molar-refractivity contribution < 1.29 is 10.5 Å². The van der Waals surface area contributed by atoms with Crippen molar-refractivity contribution in [3.8, 4) is 0 Å². The van der Waals surface area contributed by atoms with Crippen LogP contribution in [0.5, 0.6) is 0 Å². The van der Waals surface area contributed by atoms with E-state index in [-0.39, 0.29) is 11.7 Å². The van der Waals surface area contributed by atoms with Crippen LogP contribution in [0.25, 0.3) is 0 Å². The molecule has 0 aromatic heterocycles. The minimum atomic E-state index is -0.131. The van der Waals surface area contributed by atoms with Crippen molar-refractivity contribution in [3.63, 3.8) is 0 Å². The monoisotopic (exact) mass is 92.0 g/mol. The molecule has 1 amide bonds. The van der Waals surface area contributed by atoms with E-state index in [2.05, 4.69) is 18.4 Å². The number of thiol groups is 1. The number of amides is 1. The van der Waals surface area contributed by atoms with Gasteiger partial charge in [-0.1, -0.05) is 0 Å². The zero-order valence-electron chi connectivity index (χ0n) is 2.77. The molecule has 3 N–H and O–H groups in total. The quantitative estimate of drug-likeness (QED) is 0.387. The van der Waals surface area contributed by atoms with E-state index in [1.54, 1.807) is 0 Å². The molecule has 0 rings (SSSR count). The Balaban J connectivity index is 2.85. The topological polar surface area (TPSA) is 44.7 Å². The van der Waals surface area contributed by atoms with Crippen molar-refractivity contribution in [1.82, 2.24) is 0 Å². The molecule has 0 aromatic carbocycles. The summed E-state index contributed by atoms with van der Waals surface area (Å²) in [6.07, 6.45) is 0. The highest BCUT2D eigenvalue weighted by atomic mass is 32.1. The van der Waals surface area contributed by atoms with E-state index in [9.17, 15) is 4.79 Å². The van der Waals surface area contributed by atoms with Crippen LogP contribution in [0.15, 0.2) is 0 Å². The van der Waals surface area contributed by atoms with Crippen molar-refractivity contribution in [3.05, 3.63) is 0 Å². The maximum Gasteiger partial charge on any atom is 0.318 e. The minimum absolute atomic E-state index is 0.131. The second kappa shape index (κ2) is 2.23. The fourth-order valence-electron chi connectivity index (χ4n) is 0. The highest BCUT2D eigenvalue weighted by molar-refractivity contribution is 7.81. The Morgan fingerprint density at radius 3 is 2.20 bits per heavy atom. The minimum Gasteiger partial charge on any atom is -0.294 e. The van der Waals surface area contributed by atoms with Gasteiger partial charge in [0.25, 0.3) is 0 Å². The molecule has 0 aliphatic carbocycles. The normalized spacial score (nSPS) is 7.60. The molecule has 0 bridgehead atoms. The predicted molar refractivity (Wildman–Crippen MR) is 21.7 cm³/mol. The van der Waals surface area contributed by atoms with Gasteiger partial charge in [0.15, 0.2) is 0 Å². The lowest BCUT2D eigenvalue weighted by Gasteiger charge is -1.66. The van der Waals surface area contributed by atoms with Gasteiger partial charge < -0.3 is 0 Å². The molecule has 2 nitrogen and oxygen atoms in total. The second-order valence-electron chi connectivity index (χ2n) is 0.697. The van der Waals surface area contributed by atoms with Crippen LogP contribution in [0.1, 0.15) is 0 Å². The highest BCUT2D eigenvalue weighted by Crippen LogP contribution is 1.60. The Morgan fingerprint density at radius 2 is 2.20 bits per heavy atom. The largest absolute Gasteiger partial charge is 0.318 e. The SMILES string of the molecule is [NH3+]C(=O)CS. The maximum absolute atomic E-state index is 9.62. The molecule has 5 heavy (non-hydrogen) atoms. The summed E-state index contributed by atoms with van der Waals surface area (Å²) in [5.74, 6) is 0.119. The van der Waals surface area contributed by atoms with E-state index < -0.39 is 0 Å². The summed E-state index contributed by atoms with van der Waals surface area (Å²) in [6.45, 7) is 0. The Hall–Kier alpha value is -0.0200. The zero-order valence-corrected chi connectivity index (χ0v) is 3.66. The van der Waals surface area contributed by atoms with Gasteiger partial charge in [-0.15, -0.1) is 0 Å². The lowest BCUT2D eigenvalue weighted by atomic mass is 10.8. The summed E-state index contributed by atoms with van der Waals surface area (Å²) in [4.78, 5) is 9.62. The number of hydrogen-bond donors (Lipinski definition) is 2. The molecule has 0 heterocycles. The molecule has 0 saturated carbocycles. The summed E-state index contributed by atoms with van der Waals surface area (Å²) in [7, 11) is 0. The summed E-state index contributed by atoms with van der Waals surface area (Å²) in [5, 5.41) is 0. The van der Waals surface area contributed by atoms with Crippen molar-refractivity contribution in [2.45, 2.75) is 0 Å². The first-order valence-corrected chi connectivity index (χ1v) is 1.86. The van der Waals surface area contributed by atoms with E-state index in [0.717, 1.165) is 0 Å². The lowest BCUT2D eigenvalue weighted by molar-refractivity contribution is -0.301. The van der Waals surface area contributed by atoms with Gasteiger partial charge in [-0.2, -0.15) is 12.6 Å². The van der Waals surface area contributed by atoms with Crippen LogP contribution < -0.4 is 5.73 Å². The molecule has 0 unspecified atom stereocenters. The van der Waals surface area contributed by atoms with E-state index in [1.165, 1.54) is 0 Å². The molecule has 0 fully saturated rings. The average Bonchev–Trinajstić information content (AvgIpc) is 1.38. The third-order valence-electron chi connectivity index (χ3n) is 0.176. The molecule has 0 aliphatic heterocycles. The van der Waals surface area contributed by atoms with Gasteiger partial charge in [0.2, 0.25) is 0 Å². The van der Waals surface area contributed by atoms with Gasteiger partial charge >= 0.3 is 5.91 Å². The highest BCUT2D eigenvalue weighted by Gasteiger charge is 1.84. The van der Waals surface area contributed by atoms with Crippen LogP contribution in [-0.4, -0.2) is 11.7 Å². The number of carbonyl (C=O) groups is 1. The summed E-state index contributed by atoms with van der Waals surface area (Å²) < 4.78 is 0. The molecular formula is C2H6NOS+. The maximum atomic E-state index is 9.62. The Labute approximate surface area is 35.8 Å². The zero-order chi connectivity index (χ0) is 4.28. The molecule has 0 aromatic rings. The van der Waals surface area contributed by atoms with Gasteiger partial charge in [0, 0.05) is 0 Å². The summed E-state index contributed by atoms with van der Waals surface area (Å²) in [6, 6.07) is 0. The Bertz CT molecular complexity index is 44.9. The van der Waals surface area contributed by atoms with Crippen LogP contribution in [-0.2, 0) is 4.79 Å². The van der Waals surface area contributed by atoms with Crippen LogP contribution >= 0.6 is 12.6 Å². The van der Waals surface area contributed by atoms with E-state index >= 15 is 0 Å². The first-order chi connectivity index (χ1) is 2.27. The van der Waals surface area contributed by atoms with E-state index in [1.807, 2.05) is 0 Å². The molecule has 0 saturated heterocycles. The second-order valence-corrected chi connectivity index (χ2v) is 1.01. The number of carbonyl (C=O) groups excluding carboxylic acids is 1. The molecule has 0 radical (unpaired) electrons. The van der Waals surface area contributed by atoms with Gasteiger partial charge in [-0.3, -0.25) is 5.73 Å². The lowest BCUT2D eigenvalue weighted by Crippen LogP contribution is -2.57. The van der Waals surface area contributed by atoms with Crippen molar-refractivity contribution in [2.24, 2.45) is 0 Å². The number of quaternary nitrogens is 1. The van der Waals surface area contributed by atoms with Crippen LogP contribution in [0, 0.1) is 0 Å². The average molecular weight is 92.1 g/mol. The number of rotatable bonds is 1. The van der Waals surface area contributed by atoms with Crippen LogP contribution in [0.2, 0.25) is 0 Å². The molecule has 0 atom stereocenters. The van der Waals surface area contributed by atoms with Crippen LogP contribution in [0.3, 0.4) is 0 Å². The molecular weight excluding hydrogens is 86.1 g/mol. The summed E-state index contributed by atoms with van der Waals surface area (Å²) in [5.41, 5.74) is 3.04. The van der Waals surface area contributed by atoms with Gasteiger partial charge in [0.05, 0.1) is 0 Å². The van der Waals surface area contributed by atoms with Gasteiger partial charge in [0.1, 0.15) is 5.75 Å². The first-order valence-electron chi connectivity index (χ1n) is 1.23. The van der Waals surface area contributed by atoms with Gasteiger partial charge in [-0.25, -0.2) is 4.79 Å². The van der Waals surface area contributed by atoms with Crippen LogP contribution in [0.4, 0.5) is 0 Å². The Kier molecular flexibility index (Phi) is 2.22. The smallest absolute Gasteiger partial charge is 0.294 e. The van der Waals surface area contributed by atoms with E-state index in [0.29, 0.717) is 0 Å². The molecule has 30 valence electrons. The first kappa shape index (κ1) is 4.98. The molecule has 0 aliphatic rings. The fraction of sp³-hybridized carbons (Fsp3) is 0.500. The van der Waals surface area contributed by atoms with Crippen molar-refractivity contribution >= 4 is 18.5 Å². The standard InChI is InChI=1S/C2H5NOS/c3-2(4)1-5/h5H,1H2,(H2,3,4)/p+1. The van der Waals surface area contributed by atoms with Crippen molar-refractivity contribution in [1.29, 1.82) is 0 Å². The van der Waals surface area contributed by atoms with E-state index in [4.69, 9.17) is 0 Å². The summed E-state index contributed by atoms with van der Waals surface area (Å²) >= 11 is 3.60. The number of hydrogen-bond acceptors (Lipinski definition) is 2. The van der Waals surface area contributed by atoms with Gasteiger partial charge in [-0.05, 0) is 0 Å². The third-order valence-corrected chi connectivity index (χ3v) is 0.529. The van der Waals surface area contributed by atoms with Crippen molar-refractivity contribution in [2.75, 3.05) is 5.75 Å². The fourth-order valence-corrected chi connectivity index (χ4v) is 0. The Morgan fingerprint density at radius 1 is 2.00 bits per heavy atom.